The van der Waals surface area contributed by atoms with Crippen LogP contribution in [-0.4, -0.2) is 27.5 Å². The fourth-order valence-electron chi connectivity index (χ4n) is 4.35. The SMILES string of the molecule is CC(NC(=O)CC1CC2CCC(C1)N2)c1cccc(-n2ccnc2)c1. The van der Waals surface area contributed by atoms with Gasteiger partial charge in [0.2, 0.25) is 5.91 Å². The van der Waals surface area contributed by atoms with Gasteiger partial charge in [0.15, 0.2) is 0 Å². The number of nitrogens with zero attached hydrogens (tertiary/aromatic N) is 2. The van der Waals surface area contributed by atoms with Crippen LogP contribution in [0.1, 0.15) is 50.6 Å². The lowest BCUT2D eigenvalue weighted by Crippen LogP contribution is -2.40. The normalized spacial score (nSPS) is 26.4. The lowest BCUT2D eigenvalue weighted by Gasteiger charge is -2.29. The lowest BCUT2D eigenvalue weighted by atomic mass is 9.89. The molecule has 0 aliphatic carbocycles. The number of aromatic nitrogens is 2. The van der Waals surface area contributed by atoms with Crippen molar-refractivity contribution in [3.8, 4) is 5.69 Å². The van der Waals surface area contributed by atoms with Gasteiger partial charge in [-0.3, -0.25) is 4.79 Å². The Morgan fingerprint density at radius 2 is 2.16 bits per heavy atom. The molecule has 3 atom stereocenters. The van der Waals surface area contributed by atoms with Gasteiger partial charge in [-0.15, -0.1) is 0 Å². The number of piperidine rings is 1. The number of hydrogen-bond acceptors (Lipinski definition) is 3. The molecule has 2 N–H and O–H groups in total. The number of hydrogen-bond donors (Lipinski definition) is 2. The van der Waals surface area contributed by atoms with Crippen LogP contribution in [0, 0.1) is 5.92 Å². The number of rotatable bonds is 5. The van der Waals surface area contributed by atoms with Crippen molar-refractivity contribution in [2.24, 2.45) is 5.92 Å². The molecule has 5 nitrogen and oxygen atoms in total. The minimum absolute atomic E-state index is 0.00871. The van der Waals surface area contributed by atoms with Crippen LogP contribution in [0.3, 0.4) is 0 Å². The first-order valence-corrected chi connectivity index (χ1v) is 9.31. The monoisotopic (exact) mass is 338 g/mol. The topological polar surface area (TPSA) is 59.0 Å². The number of benzene rings is 1. The van der Waals surface area contributed by atoms with Gasteiger partial charge in [0.1, 0.15) is 0 Å². The molecule has 2 aromatic rings. The Balaban J connectivity index is 1.36. The number of fused-ring (bicyclic) bond motifs is 2. The van der Waals surface area contributed by atoms with Gasteiger partial charge in [0.25, 0.3) is 0 Å². The molecular formula is C20H26N4O. The summed E-state index contributed by atoms with van der Waals surface area (Å²) >= 11 is 0. The molecule has 2 fully saturated rings. The maximum Gasteiger partial charge on any atom is 0.220 e. The van der Waals surface area contributed by atoms with Crippen LogP contribution >= 0.6 is 0 Å². The molecule has 1 aromatic heterocycles. The van der Waals surface area contributed by atoms with E-state index in [9.17, 15) is 4.79 Å². The Morgan fingerprint density at radius 3 is 2.88 bits per heavy atom. The van der Waals surface area contributed by atoms with E-state index in [1.165, 1.54) is 12.8 Å². The van der Waals surface area contributed by atoms with Crippen molar-refractivity contribution < 1.29 is 4.79 Å². The number of carbonyl (C=O) groups excluding carboxylic acids is 1. The van der Waals surface area contributed by atoms with Crippen molar-refractivity contribution >= 4 is 5.91 Å². The largest absolute Gasteiger partial charge is 0.350 e. The smallest absolute Gasteiger partial charge is 0.220 e. The Morgan fingerprint density at radius 1 is 1.36 bits per heavy atom. The number of nitrogens with one attached hydrogen (secondary N) is 2. The Labute approximate surface area is 148 Å². The maximum absolute atomic E-state index is 12.5. The summed E-state index contributed by atoms with van der Waals surface area (Å²) in [6, 6.07) is 9.53. The van der Waals surface area contributed by atoms with E-state index in [1.807, 2.05) is 22.9 Å². The lowest BCUT2D eigenvalue weighted by molar-refractivity contribution is -0.122. The van der Waals surface area contributed by atoms with Gasteiger partial charge in [0, 0.05) is 36.6 Å². The Bertz CT molecular complexity index is 715. The van der Waals surface area contributed by atoms with E-state index in [4.69, 9.17) is 0 Å². The van der Waals surface area contributed by atoms with Crippen LogP contribution < -0.4 is 10.6 Å². The zero-order valence-electron chi connectivity index (χ0n) is 14.7. The molecule has 1 amide bonds. The first-order chi connectivity index (χ1) is 12.2. The average molecular weight is 338 g/mol. The maximum atomic E-state index is 12.5. The Hall–Kier alpha value is -2.14. The molecule has 25 heavy (non-hydrogen) atoms. The zero-order valence-corrected chi connectivity index (χ0v) is 14.7. The summed E-state index contributed by atoms with van der Waals surface area (Å²) in [5.74, 6) is 0.704. The second kappa shape index (κ2) is 7.00. The molecule has 3 heterocycles. The van der Waals surface area contributed by atoms with Crippen molar-refractivity contribution in [2.75, 3.05) is 0 Å². The average Bonchev–Trinajstić information content (AvgIpc) is 3.25. The molecule has 0 radical (unpaired) electrons. The van der Waals surface area contributed by atoms with E-state index < -0.39 is 0 Å². The third-order valence-electron chi connectivity index (χ3n) is 5.60. The highest BCUT2D eigenvalue weighted by Gasteiger charge is 2.34. The standard InChI is InChI=1S/C20H26N4O/c1-14(16-3-2-4-19(12-16)24-8-7-21-13-24)22-20(25)11-15-9-17-5-6-18(10-15)23-17/h2-4,7-8,12-15,17-18,23H,5-6,9-11H2,1H3,(H,22,25). The molecule has 5 heteroatoms. The second-order valence-electron chi connectivity index (χ2n) is 7.53. The fraction of sp³-hybridized carbons (Fsp3) is 0.500. The van der Waals surface area contributed by atoms with Crippen LogP contribution in [0.4, 0.5) is 0 Å². The van der Waals surface area contributed by atoms with Crippen LogP contribution in [0.15, 0.2) is 43.0 Å². The highest BCUT2D eigenvalue weighted by Crippen LogP contribution is 2.32. The summed E-state index contributed by atoms with van der Waals surface area (Å²) in [6.45, 7) is 2.05. The summed E-state index contributed by atoms with van der Waals surface area (Å²) in [5.41, 5.74) is 2.18. The molecule has 4 rings (SSSR count). The predicted octanol–water partition coefficient (Wildman–Crippen LogP) is 2.97. The molecule has 2 bridgehead atoms. The molecule has 132 valence electrons. The van der Waals surface area contributed by atoms with Crippen LogP contribution in [0.25, 0.3) is 5.69 Å². The van der Waals surface area contributed by atoms with E-state index in [2.05, 4.69) is 34.7 Å². The summed E-state index contributed by atoms with van der Waals surface area (Å²) in [6.07, 6.45) is 11.0. The third-order valence-corrected chi connectivity index (χ3v) is 5.60. The summed E-state index contributed by atoms with van der Waals surface area (Å²) in [5, 5.41) is 6.82. The van der Waals surface area contributed by atoms with E-state index in [-0.39, 0.29) is 11.9 Å². The van der Waals surface area contributed by atoms with E-state index in [1.54, 1.807) is 12.5 Å². The number of carbonyl (C=O) groups is 1. The van der Waals surface area contributed by atoms with Crippen molar-refractivity contribution in [1.29, 1.82) is 0 Å². The molecule has 2 aliphatic rings. The van der Waals surface area contributed by atoms with Gasteiger partial charge in [-0.25, -0.2) is 4.98 Å². The zero-order chi connectivity index (χ0) is 17.2. The summed E-state index contributed by atoms with van der Waals surface area (Å²) in [7, 11) is 0. The van der Waals surface area contributed by atoms with Crippen molar-refractivity contribution in [3.63, 3.8) is 0 Å². The van der Waals surface area contributed by atoms with Crippen molar-refractivity contribution in [2.45, 2.75) is 57.2 Å². The molecule has 0 saturated carbocycles. The van der Waals surface area contributed by atoms with Crippen LogP contribution in [-0.2, 0) is 4.79 Å². The highest BCUT2D eigenvalue weighted by molar-refractivity contribution is 5.76. The van der Waals surface area contributed by atoms with E-state index >= 15 is 0 Å². The van der Waals surface area contributed by atoms with Crippen molar-refractivity contribution in [3.05, 3.63) is 48.5 Å². The molecule has 2 aliphatic heterocycles. The minimum Gasteiger partial charge on any atom is -0.350 e. The third kappa shape index (κ3) is 3.76. The van der Waals surface area contributed by atoms with Gasteiger partial charge in [0.05, 0.1) is 12.4 Å². The molecule has 1 aromatic carbocycles. The predicted molar refractivity (Wildman–Crippen MR) is 97.4 cm³/mol. The minimum atomic E-state index is 0.00871. The highest BCUT2D eigenvalue weighted by atomic mass is 16.1. The molecule has 0 spiro atoms. The number of imidazole rings is 1. The Kier molecular flexibility index (Phi) is 4.57. The molecular weight excluding hydrogens is 312 g/mol. The summed E-state index contributed by atoms with van der Waals surface area (Å²) in [4.78, 5) is 16.6. The van der Waals surface area contributed by atoms with Gasteiger partial charge in [-0.1, -0.05) is 12.1 Å². The molecule has 3 unspecified atom stereocenters. The van der Waals surface area contributed by atoms with Crippen LogP contribution in [0.2, 0.25) is 0 Å². The number of amides is 1. The fourth-order valence-corrected chi connectivity index (χ4v) is 4.35. The quantitative estimate of drug-likeness (QED) is 0.881. The van der Waals surface area contributed by atoms with E-state index in [0.29, 0.717) is 24.4 Å². The van der Waals surface area contributed by atoms with Gasteiger partial charge >= 0.3 is 0 Å². The van der Waals surface area contributed by atoms with Crippen molar-refractivity contribution in [1.82, 2.24) is 20.2 Å². The van der Waals surface area contributed by atoms with Gasteiger partial charge in [-0.2, -0.15) is 0 Å². The molecule has 2 saturated heterocycles. The van der Waals surface area contributed by atoms with Gasteiger partial charge < -0.3 is 15.2 Å². The second-order valence-corrected chi connectivity index (χ2v) is 7.53. The van der Waals surface area contributed by atoms with Crippen LogP contribution in [0.5, 0.6) is 0 Å². The first-order valence-electron chi connectivity index (χ1n) is 9.31. The summed E-state index contributed by atoms with van der Waals surface area (Å²) < 4.78 is 1.98. The first kappa shape index (κ1) is 16.3. The van der Waals surface area contributed by atoms with Gasteiger partial charge in [-0.05, 0) is 56.2 Å². The van der Waals surface area contributed by atoms with E-state index in [0.717, 1.165) is 24.1 Å².